The normalized spacial score (nSPS) is 11.8. The number of oxazole rings is 1. The van der Waals surface area contributed by atoms with Gasteiger partial charge in [-0.3, -0.25) is 0 Å². The third-order valence-corrected chi connectivity index (χ3v) is 2.66. The van der Waals surface area contributed by atoms with Gasteiger partial charge in [0, 0.05) is 12.8 Å². The zero-order valence-corrected chi connectivity index (χ0v) is 10.1. The summed E-state index contributed by atoms with van der Waals surface area (Å²) in [4.78, 5) is 4.10. The minimum atomic E-state index is -4.37. The molecule has 19 heavy (non-hydrogen) atoms. The van der Waals surface area contributed by atoms with Gasteiger partial charge in [-0.25, -0.2) is 4.98 Å². The van der Waals surface area contributed by atoms with E-state index in [2.05, 4.69) is 4.98 Å². The standard InChI is InChI=1S/C13H13F3N2O/c14-13(15,16)11-4-2-1-3-9(11)7-12-18-10(5-6-17)8-19-12/h1-4,8H,5-7,17H2. The maximum Gasteiger partial charge on any atom is 0.416 e. The van der Waals surface area contributed by atoms with Crippen LogP contribution in [0.15, 0.2) is 34.9 Å². The minimum absolute atomic E-state index is 0.0141. The van der Waals surface area contributed by atoms with E-state index in [9.17, 15) is 13.2 Å². The fourth-order valence-corrected chi connectivity index (χ4v) is 1.81. The van der Waals surface area contributed by atoms with Gasteiger partial charge in [0.2, 0.25) is 0 Å². The molecule has 0 saturated heterocycles. The second-order valence-corrected chi connectivity index (χ2v) is 4.10. The highest BCUT2D eigenvalue weighted by Gasteiger charge is 2.33. The van der Waals surface area contributed by atoms with Gasteiger partial charge in [0.15, 0.2) is 5.89 Å². The third-order valence-electron chi connectivity index (χ3n) is 2.66. The molecule has 0 saturated carbocycles. The largest absolute Gasteiger partial charge is 0.448 e. The van der Waals surface area contributed by atoms with E-state index in [-0.39, 0.29) is 17.9 Å². The summed E-state index contributed by atoms with van der Waals surface area (Å²) >= 11 is 0. The van der Waals surface area contributed by atoms with Crippen LogP contribution < -0.4 is 5.73 Å². The van der Waals surface area contributed by atoms with E-state index in [0.717, 1.165) is 6.07 Å². The van der Waals surface area contributed by atoms with Crippen LogP contribution in [0.2, 0.25) is 0 Å². The first kappa shape index (κ1) is 13.6. The van der Waals surface area contributed by atoms with Crippen molar-refractivity contribution in [2.24, 2.45) is 5.73 Å². The number of alkyl halides is 3. The number of nitrogens with two attached hydrogens (primary N) is 1. The van der Waals surface area contributed by atoms with Crippen molar-refractivity contribution in [3.05, 3.63) is 53.2 Å². The van der Waals surface area contributed by atoms with Crippen LogP contribution in [0.1, 0.15) is 22.7 Å². The zero-order chi connectivity index (χ0) is 13.9. The maximum atomic E-state index is 12.8. The van der Waals surface area contributed by atoms with Crippen molar-refractivity contribution in [1.29, 1.82) is 0 Å². The van der Waals surface area contributed by atoms with Gasteiger partial charge in [0.25, 0.3) is 0 Å². The average molecular weight is 270 g/mol. The summed E-state index contributed by atoms with van der Waals surface area (Å²) in [7, 11) is 0. The maximum absolute atomic E-state index is 12.8. The van der Waals surface area contributed by atoms with E-state index in [4.69, 9.17) is 10.2 Å². The Bertz CT molecular complexity index is 549. The molecule has 0 atom stereocenters. The SMILES string of the molecule is NCCc1coc(Cc2ccccc2C(F)(F)F)n1. The minimum Gasteiger partial charge on any atom is -0.448 e. The van der Waals surface area contributed by atoms with Crippen LogP contribution >= 0.6 is 0 Å². The molecule has 0 aliphatic carbocycles. The molecule has 6 heteroatoms. The number of rotatable bonds is 4. The lowest BCUT2D eigenvalue weighted by atomic mass is 10.0. The lowest BCUT2D eigenvalue weighted by Gasteiger charge is -2.10. The zero-order valence-electron chi connectivity index (χ0n) is 10.1. The molecule has 2 N–H and O–H groups in total. The van der Waals surface area contributed by atoms with Crippen LogP contribution in [0.3, 0.4) is 0 Å². The third kappa shape index (κ3) is 3.35. The molecule has 0 amide bonds. The topological polar surface area (TPSA) is 52.0 Å². The van der Waals surface area contributed by atoms with Gasteiger partial charge < -0.3 is 10.2 Å². The van der Waals surface area contributed by atoms with E-state index in [1.807, 2.05) is 0 Å². The van der Waals surface area contributed by atoms with Crippen molar-refractivity contribution in [1.82, 2.24) is 4.98 Å². The highest BCUT2D eigenvalue weighted by molar-refractivity contribution is 5.31. The Morgan fingerprint density at radius 3 is 2.63 bits per heavy atom. The lowest BCUT2D eigenvalue weighted by Crippen LogP contribution is -2.09. The highest BCUT2D eigenvalue weighted by atomic mass is 19.4. The van der Waals surface area contributed by atoms with Crippen LogP contribution in [0.4, 0.5) is 13.2 Å². The summed E-state index contributed by atoms with van der Waals surface area (Å²) in [5.41, 5.74) is 5.52. The summed E-state index contributed by atoms with van der Waals surface area (Å²) in [5.74, 6) is 0.264. The molecule has 0 unspecified atom stereocenters. The quantitative estimate of drug-likeness (QED) is 0.929. The number of nitrogens with zero attached hydrogens (tertiary/aromatic N) is 1. The molecule has 2 aromatic rings. The van der Waals surface area contributed by atoms with Crippen LogP contribution in [0.5, 0.6) is 0 Å². The monoisotopic (exact) mass is 270 g/mol. The first-order valence-electron chi connectivity index (χ1n) is 5.79. The molecule has 1 aromatic carbocycles. The molecule has 0 aliphatic heterocycles. The van der Waals surface area contributed by atoms with Gasteiger partial charge in [-0.2, -0.15) is 13.2 Å². The van der Waals surface area contributed by atoms with Gasteiger partial charge in [0.1, 0.15) is 6.26 Å². The summed E-state index contributed by atoms with van der Waals surface area (Å²) in [6.45, 7) is 0.422. The van der Waals surface area contributed by atoms with E-state index < -0.39 is 11.7 Å². The van der Waals surface area contributed by atoms with Crippen LogP contribution in [-0.4, -0.2) is 11.5 Å². The summed E-state index contributed by atoms with van der Waals surface area (Å²) in [6.07, 6.45) is -2.38. The van der Waals surface area contributed by atoms with Crippen molar-refractivity contribution < 1.29 is 17.6 Å². The van der Waals surface area contributed by atoms with Crippen LogP contribution in [0.25, 0.3) is 0 Å². The predicted octanol–water partition coefficient (Wildman–Crippen LogP) is 2.79. The average Bonchev–Trinajstić information content (AvgIpc) is 2.76. The van der Waals surface area contributed by atoms with Crippen molar-refractivity contribution in [2.45, 2.75) is 19.0 Å². The van der Waals surface area contributed by atoms with Gasteiger partial charge in [-0.05, 0) is 18.2 Å². The van der Waals surface area contributed by atoms with Gasteiger partial charge in [-0.15, -0.1) is 0 Å². The van der Waals surface area contributed by atoms with E-state index in [1.54, 1.807) is 6.07 Å². The van der Waals surface area contributed by atoms with E-state index in [1.165, 1.54) is 18.4 Å². The smallest absolute Gasteiger partial charge is 0.416 e. The molecule has 102 valence electrons. The van der Waals surface area contributed by atoms with Gasteiger partial charge in [-0.1, -0.05) is 18.2 Å². The highest BCUT2D eigenvalue weighted by Crippen LogP contribution is 2.32. The molecule has 3 nitrogen and oxygen atoms in total. The van der Waals surface area contributed by atoms with Crippen molar-refractivity contribution in [3.8, 4) is 0 Å². The summed E-state index contributed by atoms with van der Waals surface area (Å²) in [5, 5.41) is 0. The van der Waals surface area contributed by atoms with Crippen LogP contribution in [-0.2, 0) is 19.0 Å². The first-order valence-corrected chi connectivity index (χ1v) is 5.79. The molecular weight excluding hydrogens is 257 g/mol. The lowest BCUT2D eigenvalue weighted by molar-refractivity contribution is -0.138. The Hall–Kier alpha value is -1.82. The molecule has 0 radical (unpaired) electrons. The Morgan fingerprint density at radius 1 is 1.21 bits per heavy atom. The molecule has 0 spiro atoms. The van der Waals surface area contributed by atoms with Crippen LogP contribution in [0, 0.1) is 0 Å². The number of aromatic nitrogens is 1. The molecule has 0 aliphatic rings. The molecule has 1 heterocycles. The molecular formula is C13H13F3N2O. The number of hydrogen-bond acceptors (Lipinski definition) is 3. The molecule has 0 bridgehead atoms. The Kier molecular flexibility index (Phi) is 3.90. The van der Waals surface area contributed by atoms with Crippen molar-refractivity contribution in [3.63, 3.8) is 0 Å². The fraction of sp³-hybridized carbons (Fsp3) is 0.308. The summed E-state index contributed by atoms with van der Waals surface area (Å²) in [6, 6.07) is 5.41. The van der Waals surface area contributed by atoms with Crippen molar-refractivity contribution in [2.75, 3.05) is 6.54 Å². The Labute approximate surface area is 108 Å². The van der Waals surface area contributed by atoms with E-state index >= 15 is 0 Å². The second kappa shape index (κ2) is 5.44. The number of benzene rings is 1. The number of halogens is 3. The fourth-order valence-electron chi connectivity index (χ4n) is 1.81. The molecule has 0 fully saturated rings. The first-order chi connectivity index (χ1) is 9.00. The van der Waals surface area contributed by atoms with Crippen molar-refractivity contribution >= 4 is 0 Å². The summed E-state index contributed by atoms with van der Waals surface area (Å²) < 4.78 is 43.6. The molecule has 2 rings (SSSR count). The van der Waals surface area contributed by atoms with E-state index in [0.29, 0.717) is 18.7 Å². The van der Waals surface area contributed by atoms with Gasteiger partial charge >= 0.3 is 6.18 Å². The second-order valence-electron chi connectivity index (χ2n) is 4.10. The Morgan fingerprint density at radius 2 is 1.95 bits per heavy atom. The van der Waals surface area contributed by atoms with Gasteiger partial charge in [0.05, 0.1) is 11.3 Å². The Balaban J connectivity index is 2.23. The molecule has 1 aromatic heterocycles. The predicted molar refractivity (Wildman–Crippen MR) is 63.5 cm³/mol. The number of hydrogen-bond donors (Lipinski definition) is 1.